The van der Waals surface area contributed by atoms with Crippen molar-refractivity contribution in [2.75, 3.05) is 13.2 Å². The van der Waals surface area contributed by atoms with Crippen LogP contribution in [-0.2, 0) is 14.4 Å². The molecule has 0 bridgehead atoms. The number of aliphatic hydroxyl groups is 1. The highest BCUT2D eigenvalue weighted by atomic mass is 16.3. The maximum absolute atomic E-state index is 13.0. The van der Waals surface area contributed by atoms with Gasteiger partial charge in [0, 0.05) is 18.9 Å². The van der Waals surface area contributed by atoms with Gasteiger partial charge in [0.25, 0.3) is 0 Å². The molecule has 4 N–H and O–H groups in total. The predicted octanol–water partition coefficient (Wildman–Crippen LogP) is 2.10. The van der Waals surface area contributed by atoms with Crippen LogP contribution in [0.15, 0.2) is 30.3 Å². The lowest BCUT2D eigenvalue weighted by Crippen LogP contribution is -2.52. The van der Waals surface area contributed by atoms with E-state index in [0.717, 1.165) is 5.56 Å². The van der Waals surface area contributed by atoms with Gasteiger partial charge in [0.05, 0.1) is 12.6 Å². The third-order valence-electron chi connectivity index (χ3n) is 5.63. The molecule has 0 spiro atoms. The molecule has 1 aliphatic rings. The van der Waals surface area contributed by atoms with Crippen molar-refractivity contribution in [1.82, 2.24) is 16.0 Å². The zero-order chi connectivity index (χ0) is 23.0. The van der Waals surface area contributed by atoms with E-state index in [2.05, 4.69) is 16.0 Å². The molecule has 1 aromatic rings. The lowest BCUT2D eigenvalue weighted by atomic mass is 9.87. The molecule has 7 nitrogen and oxygen atoms in total. The van der Waals surface area contributed by atoms with Crippen LogP contribution in [0.1, 0.15) is 64.9 Å². The van der Waals surface area contributed by atoms with Gasteiger partial charge in [-0.2, -0.15) is 0 Å². The second-order valence-electron chi connectivity index (χ2n) is 9.80. The van der Waals surface area contributed by atoms with Crippen LogP contribution in [0.25, 0.3) is 0 Å². The molecule has 1 heterocycles. The molecule has 1 aliphatic heterocycles. The van der Waals surface area contributed by atoms with Gasteiger partial charge < -0.3 is 21.1 Å². The normalized spacial score (nSPS) is 19.3. The Balaban J connectivity index is 1.99. The van der Waals surface area contributed by atoms with E-state index in [4.69, 9.17) is 0 Å². The minimum Gasteiger partial charge on any atom is -0.394 e. The Morgan fingerprint density at radius 2 is 1.87 bits per heavy atom. The van der Waals surface area contributed by atoms with E-state index < -0.39 is 12.1 Å². The molecule has 0 radical (unpaired) electrons. The van der Waals surface area contributed by atoms with Crippen molar-refractivity contribution < 1.29 is 19.5 Å². The number of carbonyl (C=O) groups excluding carboxylic acids is 3. The summed E-state index contributed by atoms with van der Waals surface area (Å²) < 4.78 is 0. The number of amides is 3. The van der Waals surface area contributed by atoms with Gasteiger partial charge in [-0.1, -0.05) is 58.0 Å². The van der Waals surface area contributed by atoms with Gasteiger partial charge >= 0.3 is 0 Å². The fourth-order valence-corrected chi connectivity index (χ4v) is 3.95. The van der Waals surface area contributed by atoms with Gasteiger partial charge in [-0.25, -0.2) is 0 Å². The first-order chi connectivity index (χ1) is 14.6. The number of aliphatic hydroxyl groups excluding tert-OH is 1. The second-order valence-corrected chi connectivity index (χ2v) is 9.80. The van der Waals surface area contributed by atoms with Gasteiger partial charge in [-0.05, 0) is 36.2 Å². The smallest absolute Gasteiger partial charge is 0.242 e. The van der Waals surface area contributed by atoms with Crippen LogP contribution in [0, 0.1) is 11.3 Å². The highest BCUT2D eigenvalue weighted by Crippen LogP contribution is 2.23. The van der Waals surface area contributed by atoms with Gasteiger partial charge in [-0.3, -0.25) is 14.4 Å². The van der Waals surface area contributed by atoms with Crippen LogP contribution >= 0.6 is 0 Å². The summed E-state index contributed by atoms with van der Waals surface area (Å²) in [7, 11) is 0. The Hall–Kier alpha value is -2.41. The van der Waals surface area contributed by atoms with Crippen LogP contribution in [0.2, 0.25) is 0 Å². The van der Waals surface area contributed by atoms with Gasteiger partial charge in [0.2, 0.25) is 17.7 Å². The van der Waals surface area contributed by atoms with Crippen molar-refractivity contribution >= 4 is 17.7 Å². The van der Waals surface area contributed by atoms with E-state index >= 15 is 0 Å². The summed E-state index contributed by atoms with van der Waals surface area (Å²) >= 11 is 0. The van der Waals surface area contributed by atoms with Crippen molar-refractivity contribution in [2.45, 2.75) is 71.4 Å². The topological polar surface area (TPSA) is 108 Å². The molecular weight excluding hydrogens is 394 g/mol. The van der Waals surface area contributed by atoms with Crippen molar-refractivity contribution in [1.29, 1.82) is 0 Å². The summed E-state index contributed by atoms with van der Waals surface area (Å²) in [6.07, 6.45) is 1.83. The molecule has 3 amide bonds. The largest absolute Gasteiger partial charge is 0.394 e. The summed E-state index contributed by atoms with van der Waals surface area (Å²) in [5.74, 6) is -0.725. The lowest BCUT2D eigenvalue weighted by Gasteiger charge is -2.28. The maximum Gasteiger partial charge on any atom is 0.242 e. The van der Waals surface area contributed by atoms with Crippen molar-refractivity contribution in [3.63, 3.8) is 0 Å². The molecule has 4 atom stereocenters. The fourth-order valence-electron chi connectivity index (χ4n) is 3.95. The first-order valence-corrected chi connectivity index (χ1v) is 11.1. The zero-order valence-corrected chi connectivity index (χ0v) is 19.1. The van der Waals surface area contributed by atoms with E-state index in [-0.39, 0.29) is 48.0 Å². The third-order valence-corrected chi connectivity index (χ3v) is 5.63. The first-order valence-electron chi connectivity index (χ1n) is 11.1. The number of rotatable bonds is 10. The summed E-state index contributed by atoms with van der Waals surface area (Å²) in [5, 5.41) is 18.2. The predicted molar refractivity (Wildman–Crippen MR) is 120 cm³/mol. The van der Waals surface area contributed by atoms with Crippen LogP contribution in [-0.4, -0.2) is 48.1 Å². The highest BCUT2D eigenvalue weighted by molar-refractivity contribution is 5.88. The molecule has 31 heavy (non-hydrogen) atoms. The molecule has 0 aromatic heterocycles. The molecule has 0 saturated carbocycles. The minimum absolute atomic E-state index is 0.0330. The van der Waals surface area contributed by atoms with E-state index in [1.54, 1.807) is 0 Å². The zero-order valence-electron chi connectivity index (χ0n) is 19.1. The quantitative estimate of drug-likeness (QED) is 0.455. The number of hydrogen-bond donors (Lipinski definition) is 4. The number of hydrogen-bond acceptors (Lipinski definition) is 4. The summed E-state index contributed by atoms with van der Waals surface area (Å²) in [4.78, 5) is 37.5. The van der Waals surface area contributed by atoms with Gasteiger partial charge in [0.15, 0.2) is 0 Å². The summed E-state index contributed by atoms with van der Waals surface area (Å²) in [6, 6.07) is 8.57. The second kappa shape index (κ2) is 11.3. The molecule has 172 valence electrons. The van der Waals surface area contributed by atoms with E-state index in [1.165, 1.54) is 0 Å². The molecule has 1 saturated heterocycles. The van der Waals surface area contributed by atoms with Crippen molar-refractivity contribution in [3.05, 3.63) is 35.9 Å². The molecule has 1 fully saturated rings. The first kappa shape index (κ1) is 24.9. The maximum atomic E-state index is 13.0. The SMILES string of the molecule is C[C@H](CC(=O)N[C@@H](CC(C)(C)C)C(=O)N[C@H](CO)C[C@@H]1CCNC1=O)c1ccccc1. The highest BCUT2D eigenvalue weighted by Gasteiger charge is 2.31. The fraction of sp³-hybridized carbons (Fsp3) is 0.625. The lowest BCUT2D eigenvalue weighted by molar-refractivity contribution is -0.130. The third kappa shape index (κ3) is 8.32. The minimum atomic E-state index is -0.707. The monoisotopic (exact) mass is 431 g/mol. The van der Waals surface area contributed by atoms with Crippen molar-refractivity contribution in [3.8, 4) is 0 Å². The van der Waals surface area contributed by atoms with E-state index in [1.807, 2.05) is 58.0 Å². The number of nitrogens with one attached hydrogen (secondary N) is 3. The summed E-state index contributed by atoms with van der Waals surface area (Å²) in [5.41, 5.74) is 0.894. The van der Waals surface area contributed by atoms with Gasteiger partial charge in [-0.15, -0.1) is 0 Å². The van der Waals surface area contributed by atoms with Crippen LogP contribution in [0.5, 0.6) is 0 Å². The molecule has 0 unspecified atom stereocenters. The Bertz CT molecular complexity index is 745. The number of carbonyl (C=O) groups is 3. The standard InChI is InChI=1S/C24H37N3O4/c1-16(17-8-6-5-7-9-17)12-21(29)27-20(14-24(2,3)4)23(31)26-19(15-28)13-18-10-11-25-22(18)30/h5-9,16,18-20,28H,10-15H2,1-4H3,(H,25,30)(H,26,31)(H,27,29)/t16-,18+,19+,20+/m1/s1. The van der Waals surface area contributed by atoms with Crippen LogP contribution < -0.4 is 16.0 Å². The van der Waals surface area contributed by atoms with E-state index in [0.29, 0.717) is 25.8 Å². The average molecular weight is 432 g/mol. The van der Waals surface area contributed by atoms with Crippen LogP contribution in [0.3, 0.4) is 0 Å². The van der Waals surface area contributed by atoms with Crippen LogP contribution in [0.4, 0.5) is 0 Å². The number of benzene rings is 1. The Morgan fingerprint density at radius 3 is 2.42 bits per heavy atom. The molecule has 7 heteroatoms. The summed E-state index contributed by atoms with van der Waals surface area (Å²) in [6.45, 7) is 8.39. The van der Waals surface area contributed by atoms with Gasteiger partial charge in [0.1, 0.15) is 6.04 Å². The molecule has 2 rings (SSSR count). The Morgan fingerprint density at radius 1 is 1.19 bits per heavy atom. The average Bonchev–Trinajstić information content (AvgIpc) is 3.10. The Labute approximate surface area is 185 Å². The Kier molecular flexibility index (Phi) is 9.04. The molecule has 1 aromatic carbocycles. The van der Waals surface area contributed by atoms with Crippen molar-refractivity contribution in [2.24, 2.45) is 11.3 Å². The molecular formula is C24H37N3O4. The van der Waals surface area contributed by atoms with E-state index in [9.17, 15) is 19.5 Å². The molecule has 0 aliphatic carbocycles.